The number of alkyl halides is 2. The van der Waals surface area contributed by atoms with Crippen LogP contribution in [-0.2, 0) is 30.7 Å². The van der Waals surface area contributed by atoms with Crippen LogP contribution in [0.1, 0.15) is 22.6 Å². The topological polar surface area (TPSA) is 41.1 Å². The first-order chi connectivity index (χ1) is 12.1. The Labute approximate surface area is 150 Å². The van der Waals surface area contributed by atoms with Crippen molar-refractivity contribution >= 4 is 12.2 Å². The molecule has 1 N–H and O–H groups in total. The van der Waals surface area contributed by atoms with E-state index in [1.165, 1.54) is 5.56 Å². The van der Waals surface area contributed by atoms with Gasteiger partial charge in [-0.1, -0.05) is 42.5 Å². The SMILES string of the molecule is FC(F)COCCc1nc(=S)c2c([nH]1)CCN(Cc1ccccc1)C2. The standard InChI is InChI=1S/C18H21F2N3OS/c19-16(20)12-24-9-7-17-21-15-6-8-23(11-14(15)18(25)22-17)10-13-4-2-1-3-5-13/h1-5,16H,6-12H2,(H,21,22,25). The molecule has 1 aliphatic heterocycles. The summed E-state index contributed by atoms with van der Waals surface area (Å²) in [7, 11) is 0. The maximum absolute atomic E-state index is 12.1. The number of fused-ring (bicyclic) bond motifs is 1. The summed E-state index contributed by atoms with van der Waals surface area (Å²) in [5.74, 6) is 0.703. The lowest BCUT2D eigenvalue weighted by Crippen LogP contribution is -2.31. The second-order valence-corrected chi connectivity index (χ2v) is 6.49. The highest BCUT2D eigenvalue weighted by molar-refractivity contribution is 7.71. The van der Waals surface area contributed by atoms with Crippen molar-refractivity contribution in [1.82, 2.24) is 14.9 Å². The van der Waals surface area contributed by atoms with Gasteiger partial charge in [-0.25, -0.2) is 13.8 Å². The van der Waals surface area contributed by atoms with E-state index in [9.17, 15) is 8.78 Å². The van der Waals surface area contributed by atoms with Crippen LogP contribution in [0.25, 0.3) is 0 Å². The molecule has 0 atom stereocenters. The van der Waals surface area contributed by atoms with Crippen molar-refractivity contribution in [3.05, 3.63) is 57.6 Å². The third kappa shape index (κ3) is 5.14. The van der Waals surface area contributed by atoms with Gasteiger partial charge in [0.2, 0.25) is 0 Å². The average Bonchev–Trinajstić information content (AvgIpc) is 2.60. The zero-order valence-electron chi connectivity index (χ0n) is 13.9. The average molecular weight is 365 g/mol. The number of hydrogen-bond acceptors (Lipinski definition) is 4. The number of benzene rings is 1. The van der Waals surface area contributed by atoms with E-state index in [2.05, 4.69) is 27.0 Å². The van der Waals surface area contributed by atoms with Gasteiger partial charge in [0.05, 0.1) is 6.61 Å². The molecule has 1 aromatic carbocycles. The Balaban J connectivity index is 1.62. The quantitative estimate of drug-likeness (QED) is 0.602. The summed E-state index contributed by atoms with van der Waals surface area (Å²) in [5.41, 5.74) is 3.45. The largest absolute Gasteiger partial charge is 0.375 e. The van der Waals surface area contributed by atoms with Crippen LogP contribution < -0.4 is 0 Å². The molecule has 134 valence electrons. The van der Waals surface area contributed by atoms with Gasteiger partial charge in [0, 0.05) is 43.7 Å². The van der Waals surface area contributed by atoms with Crippen LogP contribution in [0, 0.1) is 4.64 Å². The van der Waals surface area contributed by atoms with Crippen molar-refractivity contribution in [2.45, 2.75) is 32.4 Å². The molecule has 0 unspecified atom stereocenters. The minimum Gasteiger partial charge on any atom is -0.375 e. The number of rotatable bonds is 7. The lowest BCUT2D eigenvalue weighted by atomic mass is 10.1. The fraction of sp³-hybridized carbons (Fsp3) is 0.444. The van der Waals surface area contributed by atoms with Gasteiger partial charge in [-0.15, -0.1) is 0 Å². The zero-order chi connectivity index (χ0) is 17.6. The fourth-order valence-electron chi connectivity index (χ4n) is 2.98. The first-order valence-electron chi connectivity index (χ1n) is 8.35. The first-order valence-corrected chi connectivity index (χ1v) is 8.76. The minimum absolute atomic E-state index is 0.210. The highest BCUT2D eigenvalue weighted by Crippen LogP contribution is 2.20. The summed E-state index contributed by atoms with van der Waals surface area (Å²) in [5, 5.41) is 0. The van der Waals surface area contributed by atoms with Gasteiger partial charge < -0.3 is 9.72 Å². The molecule has 0 saturated carbocycles. The minimum atomic E-state index is -2.44. The molecule has 0 fully saturated rings. The van der Waals surface area contributed by atoms with Crippen LogP contribution >= 0.6 is 12.2 Å². The molecule has 4 nitrogen and oxygen atoms in total. The molecular formula is C18H21F2N3OS. The summed E-state index contributed by atoms with van der Waals surface area (Å²) in [6.07, 6.45) is -1.11. The zero-order valence-corrected chi connectivity index (χ0v) is 14.7. The van der Waals surface area contributed by atoms with Crippen molar-refractivity contribution in [1.29, 1.82) is 0 Å². The number of hydrogen-bond donors (Lipinski definition) is 1. The van der Waals surface area contributed by atoms with E-state index in [1.807, 2.05) is 18.2 Å². The smallest absolute Gasteiger partial charge is 0.261 e. The van der Waals surface area contributed by atoms with Crippen molar-refractivity contribution in [3.8, 4) is 0 Å². The Morgan fingerprint density at radius 1 is 1.28 bits per heavy atom. The summed E-state index contributed by atoms with van der Waals surface area (Å²) >= 11 is 5.45. The number of ether oxygens (including phenoxy) is 1. The van der Waals surface area contributed by atoms with Gasteiger partial charge in [-0.3, -0.25) is 4.90 Å². The predicted molar refractivity (Wildman–Crippen MR) is 94.2 cm³/mol. The number of nitrogens with one attached hydrogen (secondary N) is 1. The second kappa shape index (κ2) is 8.60. The van der Waals surface area contributed by atoms with E-state index in [0.29, 0.717) is 16.9 Å². The molecule has 0 spiro atoms. The van der Waals surface area contributed by atoms with Crippen molar-refractivity contribution in [2.75, 3.05) is 19.8 Å². The molecule has 7 heteroatoms. The Morgan fingerprint density at radius 2 is 2.08 bits per heavy atom. The molecule has 0 amide bonds. The summed E-state index contributed by atoms with van der Waals surface area (Å²) < 4.78 is 29.7. The van der Waals surface area contributed by atoms with Crippen molar-refractivity contribution in [3.63, 3.8) is 0 Å². The fourth-order valence-corrected chi connectivity index (χ4v) is 3.28. The van der Waals surface area contributed by atoms with E-state index in [4.69, 9.17) is 17.0 Å². The van der Waals surface area contributed by atoms with Gasteiger partial charge in [-0.05, 0) is 5.56 Å². The van der Waals surface area contributed by atoms with Gasteiger partial charge >= 0.3 is 0 Å². The maximum atomic E-state index is 12.1. The van der Waals surface area contributed by atoms with Crippen LogP contribution in [-0.4, -0.2) is 41.1 Å². The van der Waals surface area contributed by atoms with Gasteiger partial charge in [0.25, 0.3) is 6.43 Å². The van der Waals surface area contributed by atoms with Crippen LogP contribution in [0.2, 0.25) is 0 Å². The molecule has 1 aromatic heterocycles. The highest BCUT2D eigenvalue weighted by atomic mass is 32.1. The first kappa shape index (κ1) is 18.1. The molecule has 1 aliphatic rings. The van der Waals surface area contributed by atoms with Crippen LogP contribution in [0.4, 0.5) is 8.78 Å². The molecule has 3 rings (SSSR count). The molecule has 2 aromatic rings. The Kier molecular flexibility index (Phi) is 6.23. The maximum Gasteiger partial charge on any atom is 0.261 e. The lowest BCUT2D eigenvalue weighted by Gasteiger charge is -2.28. The number of aromatic amines is 1. The van der Waals surface area contributed by atoms with Gasteiger partial charge in [0.1, 0.15) is 17.1 Å². The number of halogens is 2. The van der Waals surface area contributed by atoms with Gasteiger partial charge in [-0.2, -0.15) is 0 Å². The molecule has 2 heterocycles. The summed E-state index contributed by atoms with van der Waals surface area (Å²) in [4.78, 5) is 10.1. The third-order valence-electron chi connectivity index (χ3n) is 4.19. The summed E-state index contributed by atoms with van der Waals surface area (Å²) in [6.45, 7) is 2.27. The number of H-pyrrole nitrogens is 1. The molecule has 0 aliphatic carbocycles. The Bertz CT molecular complexity index is 752. The highest BCUT2D eigenvalue weighted by Gasteiger charge is 2.19. The molecule has 0 saturated heterocycles. The molecular weight excluding hydrogens is 344 g/mol. The van der Waals surface area contributed by atoms with Crippen LogP contribution in [0.5, 0.6) is 0 Å². The lowest BCUT2D eigenvalue weighted by molar-refractivity contribution is 0.0182. The number of aromatic nitrogens is 2. The van der Waals surface area contributed by atoms with E-state index in [0.717, 1.165) is 37.3 Å². The van der Waals surface area contributed by atoms with Gasteiger partial charge in [0.15, 0.2) is 0 Å². The van der Waals surface area contributed by atoms with E-state index < -0.39 is 13.0 Å². The van der Waals surface area contributed by atoms with Crippen molar-refractivity contribution in [2.24, 2.45) is 0 Å². The monoisotopic (exact) mass is 365 g/mol. The van der Waals surface area contributed by atoms with Crippen LogP contribution in [0.15, 0.2) is 30.3 Å². The number of nitrogens with zero attached hydrogens (tertiary/aromatic N) is 2. The Hall–Kier alpha value is -1.70. The molecule has 0 bridgehead atoms. The second-order valence-electron chi connectivity index (χ2n) is 6.11. The molecule has 0 radical (unpaired) electrons. The summed E-state index contributed by atoms with van der Waals surface area (Å²) in [6, 6.07) is 10.3. The molecule has 25 heavy (non-hydrogen) atoms. The normalized spacial score (nSPS) is 14.7. The van der Waals surface area contributed by atoms with E-state index >= 15 is 0 Å². The Morgan fingerprint density at radius 3 is 2.84 bits per heavy atom. The predicted octanol–water partition coefficient (Wildman–Crippen LogP) is 3.52. The third-order valence-corrected chi connectivity index (χ3v) is 4.53. The van der Waals surface area contributed by atoms with E-state index in [1.54, 1.807) is 0 Å². The van der Waals surface area contributed by atoms with Crippen LogP contribution in [0.3, 0.4) is 0 Å². The van der Waals surface area contributed by atoms with Crippen molar-refractivity contribution < 1.29 is 13.5 Å². The van der Waals surface area contributed by atoms with E-state index in [-0.39, 0.29) is 6.61 Å².